The average molecular weight is 379 g/mol. The van der Waals surface area contributed by atoms with Gasteiger partial charge in [-0.1, -0.05) is 6.92 Å². The first-order valence-corrected chi connectivity index (χ1v) is 8.99. The molecule has 8 nitrogen and oxygen atoms in total. The van der Waals surface area contributed by atoms with E-state index >= 15 is 0 Å². The predicted molar refractivity (Wildman–Crippen MR) is 101 cm³/mol. The van der Waals surface area contributed by atoms with Crippen LogP contribution < -0.4 is 15.2 Å². The van der Waals surface area contributed by atoms with E-state index in [0.29, 0.717) is 23.6 Å². The molecule has 1 atom stereocenters. The molecule has 150 valence electrons. The normalized spacial score (nSPS) is 17.0. The summed E-state index contributed by atoms with van der Waals surface area (Å²) in [6.07, 6.45) is 0.0453. The Bertz CT molecular complexity index is 686. The first-order valence-electron chi connectivity index (χ1n) is 8.99. The molecule has 0 fully saturated rings. The SMILES string of the molecule is CCCOC1N(COC(=O)C(C)(C)C)C(=O)c2cc(OC)ccc2N1NC. The fourth-order valence-electron chi connectivity index (χ4n) is 2.62. The van der Waals surface area contributed by atoms with Gasteiger partial charge in [0, 0.05) is 7.05 Å². The summed E-state index contributed by atoms with van der Waals surface area (Å²) in [5.41, 5.74) is 3.50. The van der Waals surface area contributed by atoms with E-state index in [1.807, 2.05) is 6.92 Å². The number of hydrazine groups is 1. The van der Waals surface area contributed by atoms with Crippen molar-refractivity contribution in [3.05, 3.63) is 23.8 Å². The van der Waals surface area contributed by atoms with Gasteiger partial charge in [-0.05, 0) is 45.4 Å². The number of fused-ring (bicyclic) bond motifs is 1. The molecule has 27 heavy (non-hydrogen) atoms. The first kappa shape index (κ1) is 21.0. The van der Waals surface area contributed by atoms with Crippen LogP contribution in [0.3, 0.4) is 0 Å². The number of amides is 1. The molecule has 0 radical (unpaired) electrons. The van der Waals surface area contributed by atoms with Crippen LogP contribution in [-0.2, 0) is 14.3 Å². The van der Waals surface area contributed by atoms with Crippen molar-refractivity contribution < 1.29 is 23.8 Å². The summed E-state index contributed by atoms with van der Waals surface area (Å²) in [5.74, 6) is -0.118. The van der Waals surface area contributed by atoms with Crippen LogP contribution in [0.5, 0.6) is 5.75 Å². The minimum Gasteiger partial charge on any atom is -0.497 e. The number of nitrogens with one attached hydrogen (secondary N) is 1. The van der Waals surface area contributed by atoms with E-state index in [1.54, 1.807) is 58.1 Å². The van der Waals surface area contributed by atoms with E-state index in [9.17, 15) is 9.59 Å². The second-order valence-corrected chi connectivity index (χ2v) is 7.26. The summed E-state index contributed by atoms with van der Waals surface area (Å²) in [6.45, 7) is 7.51. The van der Waals surface area contributed by atoms with Gasteiger partial charge >= 0.3 is 5.97 Å². The van der Waals surface area contributed by atoms with Crippen LogP contribution in [0.2, 0.25) is 0 Å². The molecule has 1 N–H and O–H groups in total. The third-order valence-electron chi connectivity index (χ3n) is 4.10. The van der Waals surface area contributed by atoms with Crippen LogP contribution in [-0.4, -0.2) is 50.6 Å². The molecular weight excluding hydrogens is 350 g/mol. The van der Waals surface area contributed by atoms with Gasteiger partial charge in [0.25, 0.3) is 5.91 Å². The van der Waals surface area contributed by atoms with Gasteiger partial charge in [-0.3, -0.25) is 19.5 Å². The van der Waals surface area contributed by atoms with E-state index < -0.39 is 17.7 Å². The van der Waals surface area contributed by atoms with Crippen LogP contribution in [0.4, 0.5) is 5.69 Å². The maximum Gasteiger partial charge on any atom is 0.312 e. The zero-order valence-electron chi connectivity index (χ0n) is 16.9. The fraction of sp³-hybridized carbons (Fsp3) is 0.579. The lowest BCUT2D eigenvalue weighted by molar-refractivity contribution is -0.162. The number of methoxy groups -OCH3 is 1. The van der Waals surface area contributed by atoms with Crippen molar-refractivity contribution >= 4 is 17.6 Å². The quantitative estimate of drug-likeness (QED) is 0.729. The summed E-state index contributed by atoms with van der Waals surface area (Å²) in [7, 11) is 3.28. The van der Waals surface area contributed by atoms with Gasteiger partial charge in [-0.25, -0.2) is 5.43 Å². The summed E-state index contributed by atoms with van der Waals surface area (Å²) in [5, 5.41) is 1.73. The van der Waals surface area contributed by atoms with Crippen molar-refractivity contribution in [2.75, 3.05) is 32.5 Å². The van der Waals surface area contributed by atoms with Crippen LogP contribution in [0, 0.1) is 5.41 Å². The number of anilines is 1. The number of hydrogen-bond donors (Lipinski definition) is 1. The molecule has 1 amide bonds. The molecule has 0 saturated heterocycles. The third-order valence-corrected chi connectivity index (χ3v) is 4.10. The third kappa shape index (κ3) is 4.51. The van der Waals surface area contributed by atoms with Crippen molar-refractivity contribution in [3.8, 4) is 5.75 Å². The highest BCUT2D eigenvalue weighted by Crippen LogP contribution is 2.33. The molecule has 0 spiro atoms. The van der Waals surface area contributed by atoms with Crippen LogP contribution in [0.1, 0.15) is 44.5 Å². The van der Waals surface area contributed by atoms with Gasteiger partial charge in [-0.15, -0.1) is 0 Å². The molecule has 1 heterocycles. The molecule has 2 rings (SSSR count). The Morgan fingerprint density at radius 1 is 1.30 bits per heavy atom. The number of nitrogens with zero attached hydrogens (tertiary/aromatic N) is 2. The van der Waals surface area contributed by atoms with Crippen molar-refractivity contribution in [1.82, 2.24) is 10.3 Å². The number of hydrogen-bond acceptors (Lipinski definition) is 7. The van der Waals surface area contributed by atoms with Crippen molar-refractivity contribution in [3.63, 3.8) is 0 Å². The second kappa shape index (κ2) is 8.58. The van der Waals surface area contributed by atoms with Gasteiger partial charge in [-0.2, -0.15) is 0 Å². The van der Waals surface area contributed by atoms with E-state index in [1.165, 1.54) is 4.90 Å². The zero-order valence-corrected chi connectivity index (χ0v) is 16.9. The molecule has 0 aliphatic carbocycles. The topological polar surface area (TPSA) is 80.3 Å². The van der Waals surface area contributed by atoms with Crippen molar-refractivity contribution in [2.45, 2.75) is 40.5 Å². The van der Waals surface area contributed by atoms with Gasteiger partial charge in [0.1, 0.15) is 5.75 Å². The highest BCUT2D eigenvalue weighted by atomic mass is 16.6. The molecule has 0 bridgehead atoms. The van der Waals surface area contributed by atoms with E-state index in [4.69, 9.17) is 14.2 Å². The Balaban J connectivity index is 2.38. The molecule has 1 aromatic carbocycles. The highest BCUT2D eigenvalue weighted by molar-refractivity contribution is 6.02. The minimum absolute atomic E-state index is 0.210. The minimum atomic E-state index is -0.740. The van der Waals surface area contributed by atoms with Crippen LogP contribution in [0.15, 0.2) is 18.2 Å². The first-order chi connectivity index (χ1) is 12.7. The lowest BCUT2D eigenvalue weighted by Crippen LogP contribution is -2.61. The standard InChI is InChI=1S/C19H29N3O5/c1-7-10-26-18-21(12-27-17(24)19(2,3)4)16(23)14-11-13(25-6)8-9-15(14)22(18)20-5/h8-9,11,18,20H,7,10,12H2,1-6H3. The number of benzene rings is 1. The Hall–Kier alpha value is -2.32. The smallest absolute Gasteiger partial charge is 0.312 e. The molecule has 0 aromatic heterocycles. The number of carbonyl (C=O) groups excluding carboxylic acids is 2. The molecule has 1 aromatic rings. The molecule has 0 saturated carbocycles. The molecular formula is C19H29N3O5. The maximum atomic E-state index is 13.1. The number of rotatable bonds is 7. The van der Waals surface area contributed by atoms with E-state index in [-0.39, 0.29) is 12.6 Å². The Morgan fingerprint density at radius 3 is 2.56 bits per heavy atom. The summed E-state index contributed by atoms with van der Waals surface area (Å²) in [6, 6.07) is 5.24. The molecule has 1 aliphatic heterocycles. The van der Waals surface area contributed by atoms with Crippen LogP contribution in [0.25, 0.3) is 0 Å². The number of esters is 1. The predicted octanol–water partition coefficient (Wildman–Crippen LogP) is 2.35. The van der Waals surface area contributed by atoms with Crippen molar-refractivity contribution in [2.24, 2.45) is 5.41 Å². The summed E-state index contributed by atoms with van der Waals surface area (Å²) in [4.78, 5) is 26.7. The molecule has 1 aliphatic rings. The average Bonchev–Trinajstić information content (AvgIpc) is 2.64. The zero-order chi connectivity index (χ0) is 20.2. The van der Waals surface area contributed by atoms with Gasteiger partial charge in [0.15, 0.2) is 6.73 Å². The molecule has 8 heteroatoms. The van der Waals surface area contributed by atoms with Gasteiger partial charge in [0.05, 0.1) is 30.4 Å². The highest BCUT2D eigenvalue weighted by Gasteiger charge is 2.39. The maximum absolute atomic E-state index is 13.1. The monoisotopic (exact) mass is 379 g/mol. The Kier molecular flexibility index (Phi) is 6.67. The molecule has 1 unspecified atom stereocenters. The fourth-order valence-corrected chi connectivity index (χ4v) is 2.62. The van der Waals surface area contributed by atoms with Crippen LogP contribution >= 0.6 is 0 Å². The van der Waals surface area contributed by atoms with Gasteiger partial charge < -0.3 is 14.2 Å². The lowest BCUT2D eigenvalue weighted by Gasteiger charge is -2.43. The lowest BCUT2D eigenvalue weighted by atomic mass is 9.97. The van der Waals surface area contributed by atoms with E-state index in [2.05, 4.69) is 5.43 Å². The Labute approximate surface area is 160 Å². The summed E-state index contributed by atoms with van der Waals surface area (Å²) >= 11 is 0. The van der Waals surface area contributed by atoms with E-state index in [0.717, 1.165) is 6.42 Å². The largest absolute Gasteiger partial charge is 0.497 e. The summed E-state index contributed by atoms with van der Waals surface area (Å²) < 4.78 is 16.5. The van der Waals surface area contributed by atoms with Crippen molar-refractivity contribution in [1.29, 1.82) is 0 Å². The van der Waals surface area contributed by atoms with Gasteiger partial charge in [0.2, 0.25) is 6.35 Å². The second-order valence-electron chi connectivity index (χ2n) is 7.26. The number of carbonyl (C=O) groups is 2. The number of ether oxygens (including phenoxy) is 3. The Morgan fingerprint density at radius 2 is 2.00 bits per heavy atom.